The minimum absolute atomic E-state index is 0.256. The lowest BCUT2D eigenvalue weighted by Gasteiger charge is -2.30. The fraction of sp³-hybridized carbons (Fsp3) is 0.500. The molecule has 1 fully saturated rings. The van der Waals surface area contributed by atoms with Gasteiger partial charge in [-0.05, 0) is 37.5 Å². The third-order valence-electron chi connectivity index (χ3n) is 2.96. The summed E-state index contributed by atoms with van der Waals surface area (Å²) in [7, 11) is 0. The Labute approximate surface area is 90.1 Å². The fourth-order valence-electron chi connectivity index (χ4n) is 1.96. The number of hydrogen-bond donors (Lipinski definition) is 0. The highest BCUT2D eigenvalue weighted by Crippen LogP contribution is 2.20. The molecule has 0 amide bonds. The number of nitrogens with zero attached hydrogens (tertiary/aromatic N) is 2. The molecule has 0 spiro atoms. The van der Waals surface area contributed by atoms with Gasteiger partial charge in [0.1, 0.15) is 12.1 Å². The topological polar surface area (TPSA) is 33.2 Å². The van der Waals surface area contributed by atoms with Gasteiger partial charge < -0.3 is 9.69 Å². The quantitative estimate of drug-likeness (QED) is 0.689. The Kier molecular flexibility index (Phi) is 2.99. The Balaban J connectivity index is 2.04. The summed E-state index contributed by atoms with van der Waals surface area (Å²) in [5.41, 5.74) is 1.23. The van der Waals surface area contributed by atoms with Crippen molar-refractivity contribution in [3.05, 3.63) is 23.9 Å². The van der Waals surface area contributed by atoms with E-state index in [0.717, 1.165) is 38.0 Å². The molecule has 0 radical (unpaired) electrons. The molecule has 1 aromatic heterocycles. The van der Waals surface area contributed by atoms with Gasteiger partial charge in [0.25, 0.3) is 0 Å². The summed E-state index contributed by atoms with van der Waals surface area (Å²) in [5.74, 6) is 1.30. The van der Waals surface area contributed by atoms with Crippen LogP contribution < -0.4 is 4.90 Å². The predicted octanol–water partition coefficient (Wildman–Crippen LogP) is 1.81. The summed E-state index contributed by atoms with van der Waals surface area (Å²) in [6.45, 7) is 3.96. The van der Waals surface area contributed by atoms with Gasteiger partial charge in [0, 0.05) is 25.2 Å². The Bertz CT molecular complexity index is 343. The minimum atomic E-state index is 0.256. The van der Waals surface area contributed by atoms with E-state index in [4.69, 9.17) is 0 Å². The maximum atomic E-state index is 10.6. The van der Waals surface area contributed by atoms with E-state index in [1.807, 2.05) is 12.3 Å². The molecule has 2 heterocycles. The predicted molar refractivity (Wildman–Crippen MR) is 60.0 cm³/mol. The van der Waals surface area contributed by atoms with Crippen LogP contribution in [0.4, 0.5) is 5.82 Å². The molecule has 15 heavy (non-hydrogen) atoms. The average Bonchev–Trinajstić information content (AvgIpc) is 2.29. The number of carbonyl (C=O) groups is 1. The van der Waals surface area contributed by atoms with Crippen LogP contribution in [-0.4, -0.2) is 24.4 Å². The van der Waals surface area contributed by atoms with Gasteiger partial charge in [-0.1, -0.05) is 0 Å². The molecule has 1 aliphatic heterocycles. The van der Waals surface area contributed by atoms with Crippen molar-refractivity contribution >= 4 is 12.1 Å². The van der Waals surface area contributed by atoms with Gasteiger partial charge in [0.2, 0.25) is 0 Å². The van der Waals surface area contributed by atoms with Gasteiger partial charge in [0.05, 0.1) is 0 Å². The van der Waals surface area contributed by atoms with Crippen LogP contribution in [0.15, 0.2) is 18.3 Å². The third-order valence-corrected chi connectivity index (χ3v) is 2.96. The van der Waals surface area contributed by atoms with E-state index in [9.17, 15) is 4.79 Å². The molecule has 0 aliphatic carbocycles. The van der Waals surface area contributed by atoms with Crippen LogP contribution in [0.3, 0.4) is 0 Å². The first-order valence-electron chi connectivity index (χ1n) is 5.42. The molecule has 80 valence electrons. The maximum Gasteiger partial charge on any atom is 0.128 e. The highest BCUT2D eigenvalue weighted by Gasteiger charge is 2.19. The maximum absolute atomic E-state index is 10.6. The summed E-state index contributed by atoms with van der Waals surface area (Å²) < 4.78 is 0. The lowest BCUT2D eigenvalue weighted by molar-refractivity contribution is -0.111. The molecule has 1 aliphatic rings. The van der Waals surface area contributed by atoms with Crippen LogP contribution >= 0.6 is 0 Å². The number of carbonyl (C=O) groups excluding carboxylic acids is 1. The van der Waals surface area contributed by atoms with E-state index < -0.39 is 0 Å². The Hall–Kier alpha value is -1.38. The van der Waals surface area contributed by atoms with Crippen LogP contribution in [0.5, 0.6) is 0 Å². The monoisotopic (exact) mass is 204 g/mol. The molecule has 0 N–H and O–H groups in total. The lowest BCUT2D eigenvalue weighted by Crippen LogP contribution is -2.34. The zero-order valence-electron chi connectivity index (χ0n) is 9.02. The second-order valence-corrected chi connectivity index (χ2v) is 4.15. The summed E-state index contributed by atoms with van der Waals surface area (Å²) >= 11 is 0. The van der Waals surface area contributed by atoms with Crippen molar-refractivity contribution in [2.45, 2.75) is 19.8 Å². The molecular formula is C12H16N2O. The average molecular weight is 204 g/mol. The highest BCUT2D eigenvalue weighted by molar-refractivity contribution is 5.54. The standard InChI is InChI=1S/C12H16N2O/c1-10-2-5-13-12(8-10)14-6-3-11(9-15)4-7-14/h2,5,8-9,11H,3-4,6-7H2,1H3. The normalized spacial score (nSPS) is 17.8. The molecule has 0 aromatic carbocycles. The SMILES string of the molecule is Cc1ccnc(N2CCC(C=O)CC2)c1. The van der Waals surface area contributed by atoms with E-state index in [1.165, 1.54) is 5.56 Å². The Morgan fingerprint density at radius 2 is 2.20 bits per heavy atom. The van der Waals surface area contributed by atoms with Gasteiger partial charge in [-0.15, -0.1) is 0 Å². The molecule has 0 unspecified atom stereocenters. The van der Waals surface area contributed by atoms with E-state index in [0.29, 0.717) is 0 Å². The van der Waals surface area contributed by atoms with Gasteiger partial charge in [-0.2, -0.15) is 0 Å². The van der Waals surface area contributed by atoms with Crippen molar-refractivity contribution in [3.63, 3.8) is 0 Å². The molecular weight excluding hydrogens is 188 g/mol. The van der Waals surface area contributed by atoms with E-state index >= 15 is 0 Å². The van der Waals surface area contributed by atoms with Crippen LogP contribution in [0.25, 0.3) is 0 Å². The van der Waals surface area contributed by atoms with Crippen LogP contribution in [0.2, 0.25) is 0 Å². The Morgan fingerprint density at radius 3 is 2.80 bits per heavy atom. The van der Waals surface area contributed by atoms with E-state index in [1.54, 1.807) is 0 Å². The van der Waals surface area contributed by atoms with E-state index in [2.05, 4.69) is 22.9 Å². The molecule has 2 rings (SSSR count). The number of pyridine rings is 1. The summed E-state index contributed by atoms with van der Waals surface area (Å²) in [5, 5.41) is 0. The van der Waals surface area contributed by atoms with Gasteiger partial charge >= 0.3 is 0 Å². The molecule has 1 aromatic rings. The summed E-state index contributed by atoms with van der Waals surface area (Å²) in [6, 6.07) is 4.10. The first-order chi connectivity index (χ1) is 7.29. The summed E-state index contributed by atoms with van der Waals surface area (Å²) in [4.78, 5) is 17.2. The number of piperidine rings is 1. The molecule has 0 saturated carbocycles. The fourth-order valence-corrected chi connectivity index (χ4v) is 1.96. The first-order valence-corrected chi connectivity index (χ1v) is 5.42. The van der Waals surface area contributed by atoms with Gasteiger partial charge in [0.15, 0.2) is 0 Å². The van der Waals surface area contributed by atoms with Gasteiger partial charge in [-0.3, -0.25) is 0 Å². The van der Waals surface area contributed by atoms with Crippen LogP contribution in [-0.2, 0) is 4.79 Å². The molecule has 3 nitrogen and oxygen atoms in total. The van der Waals surface area contributed by atoms with Crippen molar-refractivity contribution in [3.8, 4) is 0 Å². The summed E-state index contributed by atoms with van der Waals surface area (Å²) in [6.07, 6.45) is 4.84. The molecule has 0 atom stereocenters. The largest absolute Gasteiger partial charge is 0.357 e. The van der Waals surface area contributed by atoms with Crippen LogP contribution in [0.1, 0.15) is 18.4 Å². The van der Waals surface area contributed by atoms with Gasteiger partial charge in [-0.25, -0.2) is 4.98 Å². The number of anilines is 1. The number of aldehydes is 1. The second-order valence-electron chi connectivity index (χ2n) is 4.15. The second kappa shape index (κ2) is 4.43. The molecule has 0 bridgehead atoms. The lowest BCUT2D eigenvalue weighted by atomic mass is 9.98. The zero-order valence-corrected chi connectivity index (χ0v) is 9.02. The number of aromatic nitrogens is 1. The molecule has 1 saturated heterocycles. The van der Waals surface area contributed by atoms with Crippen molar-refractivity contribution in [1.29, 1.82) is 0 Å². The smallest absolute Gasteiger partial charge is 0.128 e. The van der Waals surface area contributed by atoms with Crippen LogP contribution in [0, 0.1) is 12.8 Å². The van der Waals surface area contributed by atoms with Crippen molar-refractivity contribution in [2.75, 3.05) is 18.0 Å². The number of rotatable bonds is 2. The van der Waals surface area contributed by atoms with E-state index in [-0.39, 0.29) is 5.92 Å². The van der Waals surface area contributed by atoms with Crippen molar-refractivity contribution < 1.29 is 4.79 Å². The van der Waals surface area contributed by atoms with Crippen molar-refractivity contribution in [2.24, 2.45) is 5.92 Å². The third kappa shape index (κ3) is 2.35. The van der Waals surface area contributed by atoms with Crippen molar-refractivity contribution in [1.82, 2.24) is 4.98 Å². The highest BCUT2D eigenvalue weighted by atomic mass is 16.1. The minimum Gasteiger partial charge on any atom is -0.357 e. The first kappa shape index (κ1) is 10.1. The number of aryl methyl sites for hydroxylation is 1. The molecule has 3 heteroatoms. The number of hydrogen-bond acceptors (Lipinski definition) is 3. The zero-order chi connectivity index (χ0) is 10.7. The Morgan fingerprint density at radius 1 is 1.47 bits per heavy atom.